The van der Waals surface area contributed by atoms with Crippen molar-refractivity contribution in [1.82, 2.24) is 0 Å². The smallest absolute Gasteiger partial charge is 0.338 e. The molecular formula is C26H29BrO3Si. The van der Waals surface area contributed by atoms with Crippen molar-refractivity contribution < 1.29 is 14.0 Å². The van der Waals surface area contributed by atoms with Crippen LogP contribution in [0.25, 0.3) is 0 Å². The Balaban J connectivity index is 2.28. The van der Waals surface area contributed by atoms with E-state index < -0.39 is 20.4 Å². The summed E-state index contributed by atoms with van der Waals surface area (Å²) in [6.07, 6.45) is -0.840. The summed E-state index contributed by atoms with van der Waals surface area (Å²) < 4.78 is 13.2. The van der Waals surface area contributed by atoms with E-state index in [1.165, 1.54) is 7.11 Å². The highest BCUT2D eigenvalue weighted by atomic mass is 79.9. The first-order valence-corrected chi connectivity index (χ1v) is 13.0. The third kappa shape index (κ3) is 4.84. The van der Waals surface area contributed by atoms with Gasteiger partial charge in [0, 0.05) is 4.47 Å². The maximum Gasteiger partial charge on any atom is 0.338 e. The number of esters is 1. The molecule has 162 valence electrons. The SMILES string of the molecule is COC(=O)C(O[Si](c1ccccc1)(c1ccccc1)C(C)(C)C)c1cc(C)cc(Br)c1. The van der Waals surface area contributed by atoms with Gasteiger partial charge in [0.15, 0.2) is 6.10 Å². The van der Waals surface area contributed by atoms with Gasteiger partial charge >= 0.3 is 5.97 Å². The number of carbonyl (C=O) groups excluding carboxylic acids is 1. The summed E-state index contributed by atoms with van der Waals surface area (Å²) in [4.78, 5) is 13.1. The van der Waals surface area contributed by atoms with Gasteiger partial charge in [0.05, 0.1) is 7.11 Å². The van der Waals surface area contributed by atoms with E-state index in [0.717, 1.165) is 26.0 Å². The van der Waals surface area contributed by atoms with Crippen LogP contribution in [0.1, 0.15) is 38.0 Å². The first-order chi connectivity index (χ1) is 14.7. The number of ether oxygens (including phenoxy) is 1. The molecule has 3 aromatic carbocycles. The molecule has 0 spiro atoms. The molecule has 0 heterocycles. The van der Waals surface area contributed by atoms with Crippen LogP contribution in [-0.4, -0.2) is 21.4 Å². The van der Waals surface area contributed by atoms with Gasteiger partial charge in [-0.25, -0.2) is 4.79 Å². The molecule has 5 heteroatoms. The fourth-order valence-corrected chi connectivity index (χ4v) is 9.37. The summed E-state index contributed by atoms with van der Waals surface area (Å²) in [5.74, 6) is -0.398. The van der Waals surface area contributed by atoms with Crippen LogP contribution in [0.15, 0.2) is 83.3 Å². The molecule has 1 atom stereocenters. The number of halogens is 1. The van der Waals surface area contributed by atoms with E-state index in [1.54, 1.807) is 0 Å². The largest absolute Gasteiger partial charge is 0.467 e. The molecule has 0 amide bonds. The van der Waals surface area contributed by atoms with Gasteiger partial charge in [-0.3, -0.25) is 0 Å². The Morgan fingerprint density at radius 1 is 0.903 bits per heavy atom. The topological polar surface area (TPSA) is 35.5 Å². The van der Waals surface area contributed by atoms with Gasteiger partial charge in [-0.15, -0.1) is 0 Å². The second kappa shape index (κ2) is 9.51. The van der Waals surface area contributed by atoms with Crippen molar-refractivity contribution in [2.75, 3.05) is 7.11 Å². The first-order valence-electron chi connectivity index (χ1n) is 10.3. The standard InChI is InChI=1S/C26H29BrO3Si/c1-19-16-20(18-21(27)17-19)24(25(28)29-5)30-31(26(2,3)4,22-12-8-6-9-13-22)23-14-10-7-11-15-23/h6-18,24H,1-5H3. The van der Waals surface area contributed by atoms with Crippen molar-refractivity contribution in [3.8, 4) is 0 Å². The highest BCUT2D eigenvalue weighted by Gasteiger charge is 2.52. The van der Waals surface area contributed by atoms with Gasteiger partial charge in [0.1, 0.15) is 0 Å². The summed E-state index contributed by atoms with van der Waals surface area (Å²) in [5, 5.41) is 1.99. The molecule has 0 aliphatic heterocycles. The third-order valence-electron chi connectivity index (χ3n) is 5.49. The minimum absolute atomic E-state index is 0.247. The molecule has 3 rings (SSSR count). The zero-order valence-electron chi connectivity index (χ0n) is 18.7. The second-order valence-electron chi connectivity index (χ2n) is 8.75. The lowest BCUT2D eigenvalue weighted by Gasteiger charge is -2.44. The predicted octanol–water partition coefficient (Wildman–Crippen LogP) is 5.55. The monoisotopic (exact) mass is 496 g/mol. The molecule has 0 aromatic heterocycles. The summed E-state index contributed by atoms with van der Waals surface area (Å²) in [6.45, 7) is 8.59. The van der Waals surface area contributed by atoms with Crippen molar-refractivity contribution >= 4 is 40.6 Å². The number of benzene rings is 3. The normalized spacial score (nSPS) is 13.0. The molecule has 0 radical (unpaired) electrons. The van der Waals surface area contributed by atoms with Gasteiger partial charge in [0.2, 0.25) is 0 Å². The fraction of sp³-hybridized carbons (Fsp3) is 0.269. The molecular weight excluding hydrogens is 468 g/mol. The van der Waals surface area contributed by atoms with Crippen LogP contribution in [-0.2, 0) is 14.0 Å². The van der Waals surface area contributed by atoms with Crippen molar-refractivity contribution in [2.45, 2.75) is 38.8 Å². The molecule has 1 unspecified atom stereocenters. The highest BCUT2D eigenvalue weighted by molar-refractivity contribution is 9.10. The molecule has 31 heavy (non-hydrogen) atoms. The van der Waals surface area contributed by atoms with Crippen LogP contribution < -0.4 is 10.4 Å². The zero-order chi connectivity index (χ0) is 22.6. The van der Waals surface area contributed by atoms with Crippen LogP contribution in [0.2, 0.25) is 5.04 Å². The molecule has 0 saturated carbocycles. The Labute approximate surface area is 194 Å². The van der Waals surface area contributed by atoms with Gasteiger partial charge in [-0.2, -0.15) is 0 Å². The molecule has 0 fully saturated rings. The molecule has 0 N–H and O–H groups in total. The second-order valence-corrected chi connectivity index (χ2v) is 13.9. The minimum atomic E-state index is -2.93. The van der Waals surface area contributed by atoms with E-state index in [1.807, 2.05) is 61.5 Å². The first kappa shape index (κ1) is 23.5. The quantitative estimate of drug-likeness (QED) is 0.331. The Morgan fingerprint density at radius 3 is 1.84 bits per heavy atom. The van der Waals surface area contributed by atoms with Crippen molar-refractivity contribution in [2.24, 2.45) is 0 Å². The van der Waals surface area contributed by atoms with E-state index in [9.17, 15) is 4.79 Å². The lowest BCUT2D eigenvalue weighted by molar-refractivity contribution is -0.149. The van der Waals surface area contributed by atoms with Gasteiger partial charge in [-0.1, -0.05) is 103 Å². The van der Waals surface area contributed by atoms with Crippen LogP contribution in [0.3, 0.4) is 0 Å². The van der Waals surface area contributed by atoms with E-state index in [-0.39, 0.29) is 5.04 Å². The third-order valence-corrected chi connectivity index (χ3v) is 10.9. The Morgan fingerprint density at radius 2 is 1.42 bits per heavy atom. The highest BCUT2D eigenvalue weighted by Crippen LogP contribution is 2.40. The average Bonchev–Trinajstić information content (AvgIpc) is 2.74. The van der Waals surface area contributed by atoms with Crippen LogP contribution in [0.5, 0.6) is 0 Å². The number of carbonyl (C=O) groups is 1. The lowest BCUT2D eigenvalue weighted by Crippen LogP contribution is -2.67. The van der Waals surface area contributed by atoms with Crippen LogP contribution >= 0.6 is 15.9 Å². The Kier molecular flexibility index (Phi) is 7.19. The minimum Gasteiger partial charge on any atom is -0.467 e. The molecule has 0 aliphatic rings. The predicted molar refractivity (Wildman–Crippen MR) is 132 cm³/mol. The number of aryl methyl sites for hydroxylation is 1. The molecule has 0 bridgehead atoms. The number of hydrogen-bond acceptors (Lipinski definition) is 3. The summed E-state index contributed by atoms with van der Waals surface area (Å²) in [6, 6.07) is 26.6. The van der Waals surface area contributed by atoms with Gasteiger partial charge in [-0.05, 0) is 45.6 Å². The van der Waals surface area contributed by atoms with Crippen LogP contribution in [0.4, 0.5) is 0 Å². The van der Waals surface area contributed by atoms with Crippen molar-refractivity contribution in [1.29, 1.82) is 0 Å². The summed E-state index contributed by atoms with van der Waals surface area (Å²) in [7, 11) is -1.51. The average molecular weight is 498 g/mol. The van der Waals surface area contributed by atoms with E-state index in [4.69, 9.17) is 9.16 Å². The van der Waals surface area contributed by atoms with E-state index in [0.29, 0.717) is 0 Å². The summed E-state index contributed by atoms with van der Waals surface area (Å²) in [5.41, 5.74) is 1.83. The van der Waals surface area contributed by atoms with Crippen molar-refractivity contribution in [3.63, 3.8) is 0 Å². The Hall–Kier alpha value is -2.21. The zero-order valence-corrected chi connectivity index (χ0v) is 21.3. The lowest BCUT2D eigenvalue weighted by atomic mass is 10.1. The van der Waals surface area contributed by atoms with Crippen LogP contribution in [0, 0.1) is 6.92 Å². The number of methoxy groups -OCH3 is 1. The maximum absolute atomic E-state index is 13.1. The Bertz CT molecular complexity index is 970. The van der Waals surface area contributed by atoms with Gasteiger partial charge in [0.25, 0.3) is 8.32 Å². The molecule has 3 aromatic rings. The number of hydrogen-bond donors (Lipinski definition) is 0. The summed E-state index contributed by atoms with van der Waals surface area (Å²) >= 11 is 3.56. The maximum atomic E-state index is 13.1. The molecule has 3 nitrogen and oxygen atoms in total. The van der Waals surface area contributed by atoms with Crippen molar-refractivity contribution in [3.05, 3.63) is 94.5 Å². The molecule has 0 aliphatic carbocycles. The number of rotatable bonds is 6. The fourth-order valence-electron chi connectivity index (χ4n) is 4.14. The molecule has 0 saturated heterocycles. The van der Waals surface area contributed by atoms with Gasteiger partial charge < -0.3 is 9.16 Å². The van der Waals surface area contributed by atoms with E-state index in [2.05, 4.69) is 61.0 Å². The van der Waals surface area contributed by atoms with E-state index >= 15 is 0 Å².